The normalized spacial score (nSPS) is 14.2. The molecule has 3 rings (SSSR count). The molecule has 0 bridgehead atoms. The van der Waals surface area contributed by atoms with E-state index in [1.165, 1.54) is 11.1 Å². The van der Waals surface area contributed by atoms with Gasteiger partial charge in [-0.05, 0) is 37.6 Å². The Morgan fingerprint density at radius 3 is 2.45 bits per heavy atom. The quantitative estimate of drug-likeness (QED) is 0.740. The van der Waals surface area contributed by atoms with Gasteiger partial charge in [0.15, 0.2) is 0 Å². The summed E-state index contributed by atoms with van der Waals surface area (Å²) in [6, 6.07) is 14.2. The van der Waals surface area contributed by atoms with Crippen molar-refractivity contribution in [3.8, 4) is 0 Å². The molecular formula is C17H15ClN2. The van der Waals surface area contributed by atoms with Gasteiger partial charge in [-0.1, -0.05) is 41.4 Å². The van der Waals surface area contributed by atoms with Gasteiger partial charge in [0, 0.05) is 28.3 Å². The lowest BCUT2D eigenvalue weighted by molar-refractivity contribution is 1.20. The molecule has 0 atom stereocenters. The second kappa shape index (κ2) is 5.22. The highest BCUT2D eigenvalue weighted by Crippen LogP contribution is 2.22. The molecule has 1 aliphatic rings. The third-order valence-electron chi connectivity index (χ3n) is 3.41. The van der Waals surface area contributed by atoms with Gasteiger partial charge in [0.05, 0.1) is 0 Å². The summed E-state index contributed by atoms with van der Waals surface area (Å²) in [4.78, 5) is 0. The van der Waals surface area contributed by atoms with Gasteiger partial charge in [-0.2, -0.15) is 5.10 Å². The van der Waals surface area contributed by atoms with Gasteiger partial charge in [0.1, 0.15) is 5.71 Å². The fourth-order valence-electron chi connectivity index (χ4n) is 2.39. The van der Waals surface area contributed by atoms with Crippen LogP contribution in [0.4, 0.5) is 0 Å². The van der Waals surface area contributed by atoms with Gasteiger partial charge in [0.2, 0.25) is 0 Å². The fraction of sp³-hybridized carbons (Fsp3) is 0.176. The maximum absolute atomic E-state index is 5.96. The number of hydrogen-bond acceptors (Lipinski definition) is 2. The van der Waals surface area contributed by atoms with E-state index in [-0.39, 0.29) is 0 Å². The van der Waals surface area contributed by atoms with Gasteiger partial charge >= 0.3 is 0 Å². The number of nitrogens with zero attached hydrogens (tertiary/aromatic N) is 2. The van der Waals surface area contributed by atoms with Crippen LogP contribution in [0.1, 0.15) is 29.2 Å². The number of hydrogen-bond donors (Lipinski definition) is 0. The van der Waals surface area contributed by atoms with Crippen molar-refractivity contribution in [3.63, 3.8) is 0 Å². The van der Waals surface area contributed by atoms with Crippen molar-refractivity contribution in [1.82, 2.24) is 0 Å². The topological polar surface area (TPSA) is 24.7 Å². The first kappa shape index (κ1) is 13.1. The maximum atomic E-state index is 5.96. The van der Waals surface area contributed by atoms with E-state index >= 15 is 0 Å². The third-order valence-corrected chi connectivity index (χ3v) is 3.66. The number of fused-ring (bicyclic) bond motifs is 1. The molecule has 0 aromatic heterocycles. The van der Waals surface area contributed by atoms with Crippen molar-refractivity contribution in [2.24, 2.45) is 10.2 Å². The molecule has 0 fully saturated rings. The molecular weight excluding hydrogens is 268 g/mol. The summed E-state index contributed by atoms with van der Waals surface area (Å²) >= 11 is 5.96. The van der Waals surface area contributed by atoms with E-state index in [0.29, 0.717) is 0 Å². The van der Waals surface area contributed by atoms with Crippen LogP contribution in [0.25, 0.3) is 0 Å². The Kier molecular flexibility index (Phi) is 3.41. The predicted molar refractivity (Wildman–Crippen MR) is 85.1 cm³/mol. The smallest absolute Gasteiger partial charge is 0.100 e. The molecule has 0 saturated carbocycles. The SMILES string of the molecule is CC1=NN=C(c2ccc(Cl)cc2)c2cc(C)ccc2C1. The van der Waals surface area contributed by atoms with E-state index in [4.69, 9.17) is 11.6 Å². The molecule has 1 aliphatic heterocycles. The first-order valence-corrected chi connectivity index (χ1v) is 6.98. The molecule has 1 heterocycles. The average molecular weight is 283 g/mol. The van der Waals surface area contributed by atoms with Crippen molar-refractivity contribution in [1.29, 1.82) is 0 Å². The van der Waals surface area contributed by atoms with Crippen molar-refractivity contribution in [2.75, 3.05) is 0 Å². The van der Waals surface area contributed by atoms with Crippen molar-refractivity contribution >= 4 is 23.0 Å². The predicted octanol–water partition coefficient (Wildman–Crippen LogP) is 4.42. The molecule has 0 unspecified atom stereocenters. The minimum atomic E-state index is 0.729. The highest BCUT2D eigenvalue weighted by molar-refractivity contribution is 6.30. The van der Waals surface area contributed by atoms with Crippen LogP contribution in [0.5, 0.6) is 0 Å². The molecule has 100 valence electrons. The molecule has 3 heteroatoms. The van der Waals surface area contributed by atoms with Crippen LogP contribution in [-0.2, 0) is 6.42 Å². The lowest BCUT2D eigenvalue weighted by atomic mass is 9.94. The lowest BCUT2D eigenvalue weighted by Gasteiger charge is -2.10. The van der Waals surface area contributed by atoms with E-state index in [2.05, 4.69) is 35.3 Å². The minimum Gasteiger partial charge on any atom is -0.159 e. The minimum absolute atomic E-state index is 0.729. The second-order valence-electron chi connectivity index (χ2n) is 5.13. The van der Waals surface area contributed by atoms with Crippen molar-refractivity contribution in [3.05, 3.63) is 69.7 Å². The Labute approximate surface area is 123 Å². The highest BCUT2D eigenvalue weighted by Gasteiger charge is 2.15. The van der Waals surface area contributed by atoms with Gasteiger partial charge < -0.3 is 0 Å². The number of benzene rings is 2. The average Bonchev–Trinajstić information content (AvgIpc) is 2.58. The van der Waals surface area contributed by atoms with E-state index in [1.54, 1.807) is 0 Å². The summed E-state index contributed by atoms with van der Waals surface area (Å²) in [6.45, 7) is 4.11. The first-order valence-electron chi connectivity index (χ1n) is 6.60. The molecule has 0 aliphatic carbocycles. The van der Waals surface area contributed by atoms with E-state index in [9.17, 15) is 0 Å². The Balaban J connectivity index is 2.19. The second-order valence-corrected chi connectivity index (χ2v) is 5.56. The fourth-order valence-corrected chi connectivity index (χ4v) is 2.51. The van der Waals surface area contributed by atoms with Gasteiger partial charge in [-0.25, -0.2) is 0 Å². The van der Waals surface area contributed by atoms with Crippen LogP contribution in [0.3, 0.4) is 0 Å². The van der Waals surface area contributed by atoms with Crippen molar-refractivity contribution < 1.29 is 0 Å². The van der Waals surface area contributed by atoms with Crippen LogP contribution < -0.4 is 0 Å². The van der Waals surface area contributed by atoms with E-state index in [1.807, 2.05) is 31.2 Å². The van der Waals surface area contributed by atoms with Crippen LogP contribution in [0.2, 0.25) is 5.02 Å². The molecule has 0 amide bonds. The Bertz CT molecular complexity index is 712. The van der Waals surface area contributed by atoms with Crippen LogP contribution in [0.15, 0.2) is 52.7 Å². The van der Waals surface area contributed by atoms with Gasteiger partial charge in [-0.3, -0.25) is 0 Å². The van der Waals surface area contributed by atoms with Gasteiger partial charge in [-0.15, -0.1) is 5.10 Å². The Morgan fingerprint density at radius 2 is 1.70 bits per heavy atom. The number of rotatable bonds is 1. The molecule has 2 aromatic rings. The largest absolute Gasteiger partial charge is 0.159 e. The van der Waals surface area contributed by atoms with Crippen LogP contribution in [-0.4, -0.2) is 11.4 Å². The molecule has 0 N–H and O–H groups in total. The maximum Gasteiger partial charge on any atom is 0.100 e. The Morgan fingerprint density at radius 1 is 0.950 bits per heavy atom. The van der Waals surface area contributed by atoms with E-state index < -0.39 is 0 Å². The summed E-state index contributed by atoms with van der Waals surface area (Å²) < 4.78 is 0. The summed E-state index contributed by atoms with van der Waals surface area (Å²) in [6.07, 6.45) is 0.843. The highest BCUT2D eigenvalue weighted by atomic mass is 35.5. The summed E-state index contributed by atoms with van der Waals surface area (Å²) in [5.41, 5.74) is 6.64. The molecule has 0 spiro atoms. The summed E-state index contributed by atoms with van der Waals surface area (Å²) in [7, 11) is 0. The standard InChI is InChI=1S/C17H15ClN2/c1-11-3-4-14-10-12(2)19-20-17(16(14)9-11)13-5-7-15(18)8-6-13/h3-9H,10H2,1-2H3. The summed E-state index contributed by atoms with van der Waals surface area (Å²) in [5, 5.41) is 9.50. The van der Waals surface area contributed by atoms with Crippen LogP contribution in [0, 0.1) is 6.92 Å². The van der Waals surface area contributed by atoms with Gasteiger partial charge in [0.25, 0.3) is 0 Å². The monoisotopic (exact) mass is 282 g/mol. The van der Waals surface area contributed by atoms with Crippen molar-refractivity contribution in [2.45, 2.75) is 20.3 Å². The third kappa shape index (κ3) is 2.52. The lowest BCUT2D eigenvalue weighted by Crippen LogP contribution is -2.07. The zero-order valence-electron chi connectivity index (χ0n) is 11.5. The molecule has 0 radical (unpaired) electrons. The van der Waals surface area contributed by atoms with E-state index in [0.717, 1.165) is 34.0 Å². The zero-order chi connectivity index (χ0) is 14.1. The molecule has 2 aromatic carbocycles. The zero-order valence-corrected chi connectivity index (χ0v) is 12.3. The first-order chi connectivity index (χ1) is 9.63. The van der Waals surface area contributed by atoms with Crippen LogP contribution >= 0.6 is 11.6 Å². The number of aryl methyl sites for hydroxylation is 1. The molecule has 2 nitrogen and oxygen atoms in total. The summed E-state index contributed by atoms with van der Waals surface area (Å²) in [5.74, 6) is 0. The Hall–Kier alpha value is -1.93. The molecule has 20 heavy (non-hydrogen) atoms. The molecule has 0 saturated heterocycles. The number of halogens is 1.